The van der Waals surface area contributed by atoms with Gasteiger partial charge in [-0.1, -0.05) is 5.92 Å². The van der Waals surface area contributed by atoms with Crippen LogP contribution < -0.4 is 5.32 Å². The van der Waals surface area contributed by atoms with E-state index in [4.69, 9.17) is 6.42 Å². The molecule has 94 valence electrons. The van der Waals surface area contributed by atoms with E-state index in [0.29, 0.717) is 4.47 Å². The number of halogens is 1. The molecule has 0 aliphatic carbocycles. The monoisotopic (exact) mass is 310 g/mol. The first-order chi connectivity index (χ1) is 8.26. The summed E-state index contributed by atoms with van der Waals surface area (Å²) >= 11 is 3.17. The van der Waals surface area contributed by atoms with Crippen LogP contribution in [0.25, 0.3) is 0 Å². The van der Waals surface area contributed by atoms with Gasteiger partial charge in [0.15, 0.2) is 0 Å². The lowest BCUT2D eigenvalue weighted by atomic mass is 10.1. The highest BCUT2D eigenvalue weighted by atomic mass is 79.9. The molecule has 0 saturated carbocycles. The Bertz CT molecular complexity index is 547. The second-order valence-electron chi connectivity index (χ2n) is 4.14. The van der Waals surface area contributed by atoms with Crippen LogP contribution in [-0.2, 0) is 0 Å². The zero-order valence-electron chi connectivity index (χ0n) is 9.86. The Balaban J connectivity index is 3.10. The zero-order valence-corrected chi connectivity index (χ0v) is 11.4. The molecule has 1 aromatic carbocycles. The lowest BCUT2D eigenvalue weighted by Gasteiger charge is -2.19. The fourth-order valence-electron chi connectivity index (χ4n) is 1.19. The van der Waals surface area contributed by atoms with Crippen molar-refractivity contribution in [2.24, 2.45) is 0 Å². The summed E-state index contributed by atoms with van der Waals surface area (Å²) < 4.78 is 0.471. The molecule has 0 saturated heterocycles. The lowest BCUT2D eigenvalue weighted by molar-refractivity contribution is -0.384. The maximum Gasteiger partial charge on any atom is 0.270 e. The van der Waals surface area contributed by atoms with Crippen LogP contribution in [0.2, 0.25) is 0 Å². The van der Waals surface area contributed by atoms with Gasteiger partial charge in [0.2, 0.25) is 0 Å². The second kappa shape index (κ2) is 5.19. The van der Waals surface area contributed by atoms with Gasteiger partial charge in [-0.05, 0) is 35.8 Å². The van der Waals surface area contributed by atoms with Crippen LogP contribution in [0.4, 0.5) is 5.69 Å². The van der Waals surface area contributed by atoms with Crippen molar-refractivity contribution in [3.05, 3.63) is 38.3 Å². The molecule has 0 bridgehead atoms. The molecule has 1 amide bonds. The molecule has 0 aromatic heterocycles. The van der Waals surface area contributed by atoms with Gasteiger partial charge in [-0.2, -0.15) is 0 Å². The summed E-state index contributed by atoms with van der Waals surface area (Å²) in [4.78, 5) is 22.1. The van der Waals surface area contributed by atoms with E-state index in [2.05, 4.69) is 27.2 Å². The predicted molar refractivity (Wildman–Crippen MR) is 71.2 cm³/mol. The SMILES string of the molecule is C#CC(C)(C)NC(=O)c1cc([N+](=O)[O-])ccc1Br. The van der Waals surface area contributed by atoms with E-state index in [1.807, 2.05) is 0 Å². The molecule has 1 N–H and O–H groups in total. The van der Waals surface area contributed by atoms with Crippen LogP contribution >= 0.6 is 15.9 Å². The second-order valence-corrected chi connectivity index (χ2v) is 5.00. The summed E-state index contributed by atoms with van der Waals surface area (Å²) in [5.41, 5.74) is -0.796. The van der Waals surface area contributed by atoms with Crippen molar-refractivity contribution in [2.45, 2.75) is 19.4 Å². The van der Waals surface area contributed by atoms with Gasteiger partial charge >= 0.3 is 0 Å². The number of nitro benzene ring substituents is 1. The molecule has 5 nitrogen and oxygen atoms in total. The van der Waals surface area contributed by atoms with E-state index in [-0.39, 0.29) is 11.3 Å². The summed E-state index contributed by atoms with van der Waals surface area (Å²) in [6.07, 6.45) is 5.26. The molecule has 1 aromatic rings. The van der Waals surface area contributed by atoms with Crippen molar-refractivity contribution >= 4 is 27.5 Å². The Morgan fingerprint density at radius 3 is 2.67 bits per heavy atom. The Labute approximate surface area is 113 Å². The summed E-state index contributed by atoms with van der Waals surface area (Å²) in [7, 11) is 0. The van der Waals surface area contributed by atoms with Crippen LogP contribution in [0, 0.1) is 22.5 Å². The van der Waals surface area contributed by atoms with Crippen LogP contribution in [-0.4, -0.2) is 16.4 Å². The molecule has 0 fully saturated rings. The van der Waals surface area contributed by atoms with E-state index in [9.17, 15) is 14.9 Å². The fraction of sp³-hybridized carbons (Fsp3) is 0.250. The zero-order chi connectivity index (χ0) is 13.9. The van der Waals surface area contributed by atoms with Crippen molar-refractivity contribution < 1.29 is 9.72 Å². The largest absolute Gasteiger partial charge is 0.336 e. The molecule has 6 heteroatoms. The van der Waals surface area contributed by atoms with E-state index in [1.54, 1.807) is 13.8 Å². The third-order valence-corrected chi connectivity index (χ3v) is 2.88. The van der Waals surface area contributed by atoms with E-state index >= 15 is 0 Å². The topological polar surface area (TPSA) is 72.2 Å². The number of nitro groups is 1. The van der Waals surface area contributed by atoms with Crippen LogP contribution in [0.3, 0.4) is 0 Å². The molecule has 0 radical (unpaired) electrons. The quantitative estimate of drug-likeness (QED) is 0.529. The van der Waals surface area contributed by atoms with Gasteiger partial charge in [-0.15, -0.1) is 6.42 Å². The van der Waals surface area contributed by atoms with Crippen LogP contribution in [0.5, 0.6) is 0 Å². The standard InChI is InChI=1S/C12H11BrN2O3/c1-4-12(2,3)14-11(16)9-7-8(15(17)18)5-6-10(9)13/h1,5-7H,2-3H3,(H,14,16). The van der Waals surface area contributed by atoms with Crippen molar-refractivity contribution in [1.82, 2.24) is 5.32 Å². The first-order valence-electron chi connectivity index (χ1n) is 5.01. The minimum Gasteiger partial charge on any atom is -0.336 e. The molecular weight excluding hydrogens is 300 g/mol. The number of nitrogens with zero attached hydrogens (tertiary/aromatic N) is 1. The predicted octanol–water partition coefficient (Wildman–Crippen LogP) is 2.50. The molecule has 0 unspecified atom stereocenters. The number of terminal acetylenes is 1. The fourth-order valence-corrected chi connectivity index (χ4v) is 1.61. The highest BCUT2D eigenvalue weighted by Crippen LogP contribution is 2.23. The highest BCUT2D eigenvalue weighted by Gasteiger charge is 2.21. The maximum absolute atomic E-state index is 12.0. The van der Waals surface area contributed by atoms with Gasteiger partial charge < -0.3 is 5.32 Å². The van der Waals surface area contributed by atoms with Crippen LogP contribution in [0.15, 0.2) is 22.7 Å². The highest BCUT2D eigenvalue weighted by molar-refractivity contribution is 9.10. The van der Waals surface area contributed by atoms with Crippen molar-refractivity contribution in [2.75, 3.05) is 0 Å². The molecule has 1 rings (SSSR count). The average Bonchev–Trinajstić information content (AvgIpc) is 2.28. The summed E-state index contributed by atoms with van der Waals surface area (Å²) in [5, 5.41) is 13.3. The number of non-ortho nitro benzene ring substituents is 1. The Morgan fingerprint density at radius 1 is 1.56 bits per heavy atom. The van der Waals surface area contributed by atoms with Gasteiger partial charge in [-0.3, -0.25) is 14.9 Å². The summed E-state index contributed by atoms with van der Waals surface area (Å²) in [6, 6.07) is 3.97. The first kappa shape index (κ1) is 14.2. The third kappa shape index (κ3) is 3.31. The molecule has 18 heavy (non-hydrogen) atoms. The third-order valence-electron chi connectivity index (χ3n) is 2.19. The number of nitrogens with one attached hydrogen (secondary N) is 1. The number of amides is 1. The minimum atomic E-state index is -0.818. The number of hydrogen-bond donors (Lipinski definition) is 1. The lowest BCUT2D eigenvalue weighted by Crippen LogP contribution is -2.42. The Morgan fingerprint density at radius 2 is 2.17 bits per heavy atom. The number of carbonyl (C=O) groups is 1. The Hall–Kier alpha value is -1.87. The summed E-state index contributed by atoms with van der Waals surface area (Å²) in [5.74, 6) is 1.95. The molecular formula is C12H11BrN2O3. The molecule has 0 aliphatic rings. The van der Waals surface area contributed by atoms with Crippen molar-refractivity contribution in [3.8, 4) is 12.3 Å². The normalized spacial score (nSPS) is 10.6. The summed E-state index contributed by atoms with van der Waals surface area (Å²) in [6.45, 7) is 3.33. The number of benzene rings is 1. The smallest absolute Gasteiger partial charge is 0.270 e. The van der Waals surface area contributed by atoms with E-state index < -0.39 is 16.4 Å². The van der Waals surface area contributed by atoms with Gasteiger partial charge in [-0.25, -0.2) is 0 Å². The van der Waals surface area contributed by atoms with Gasteiger partial charge in [0, 0.05) is 16.6 Å². The van der Waals surface area contributed by atoms with Crippen LogP contribution in [0.1, 0.15) is 24.2 Å². The molecule has 0 heterocycles. The minimum absolute atomic E-state index is 0.151. The van der Waals surface area contributed by atoms with Gasteiger partial charge in [0.25, 0.3) is 11.6 Å². The van der Waals surface area contributed by atoms with Gasteiger partial charge in [0.1, 0.15) is 0 Å². The van der Waals surface area contributed by atoms with Gasteiger partial charge in [0.05, 0.1) is 16.0 Å². The number of hydrogen-bond acceptors (Lipinski definition) is 3. The van der Waals surface area contributed by atoms with E-state index in [0.717, 1.165) is 0 Å². The number of carbonyl (C=O) groups excluding carboxylic acids is 1. The van der Waals surface area contributed by atoms with E-state index in [1.165, 1.54) is 18.2 Å². The average molecular weight is 311 g/mol. The van der Waals surface area contributed by atoms with Crippen molar-refractivity contribution in [1.29, 1.82) is 0 Å². The maximum atomic E-state index is 12.0. The molecule has 0 spiro atoms. The van der Waals surface area contributed by atoms with Crippen molar-refractivity contribution in [3.63, 3.8) is 0 Å². The number of rotatable bonds is 3. The Kier molecular flexibility index (Phi) is 4.09. The molecule has 0 aliphatic heterocycles. The first-order valence-corrected chi connectivity index (χ1v) is 5.80. The molecule has 0 atom stereocenters.